The lowest BCUT2D eigenvalue weighted by molar-refractivity contribution is 0.0953. The van der Waals surface area contributed by atoms with Gasteiger partial charge in [0.1, 0.15) is 15.9 Å². The van der Waals surface area contributed by atoms with E-state index in [0.717, 1.165) is 12.0 Å². The highest BCUT2D eigenvalue weighted by Crippen LogP contribution is 2.24. The fourth-order valence-corrected chi connectivity index (χ4v) is 2.75. The van der Waals surface area contributed by atoms with Crippen molar-refractivity contribution < 1.29 is 4.79 Å². The molecular formula is C14H13Cl2N3OS. The molecule has 110 valence electrons. The van der Waals surface area contributed by atoms with Gasteiger partial charge in [0.25, 0.3) is 5.91 Å². The number of nitrogens with zero attached hydrogens (tertiary/aromatic N) is 2. The number of thioether (sulfide) groups is 1. The van der Waals surface area contributed by atoms with Gasteiger partial charge in [-0.15, -0.1) is 0 Å². The van der Waals surface area contributed by atoms with Crippen LogP contribution in [-0.2, 0) is 6.42 Å². The topological polar surface area (TPSA) is 54.9 Å². The van der Waals surface area contributed by atoms with Crippen molar-refractivity contribution in [2.45, 2.75) is 11.6 Å². The molecule has 0 unspecified atom stereocenters. The maximum Gasteiger partial charge on any atom is 0.257 e. The standard InChI is InChI=1S/C14H13Cl2N3OS/c1-21-14-18-11(15)10(12(16)19-14)13(20)17-8-7-9-5-3-2-4-6-9/h2-6H,7-8H2,1H3,(H,17,20). The molecular weight excluding hydrogens is 329 g/mol. The molecule has 7 heteroatoms. The number of benzene rings is 1. The van der Waals surface area contributed by atoms with Crippen molar-refractivity contribution in [3.05, 3.63) is 51.8 Å². The van der Waals surface area contributed by atoms with Crippen LogP contribution in [0, 0.1) is 0 Å². The molecule has 0 aliphatic heterocycles. The van der Waals surface area contributed by atoms with Gasteiger partial charge in [-0.3, -0.25) is 4.79 Å². The van der Waals surface area contributed by atoms with Crippen molar-refractivity contribution in [3.63, 3.8) is 0 Å². The van der Waals surface area contributed by atoms with Crippen LogP contribution in [0.5, 0.6) is 0 Å². The number of carbonyl (C=O) groups is 1. The van der Waals surface area contributed by atoms with Gasteiger partial charge in [0, 0.05) is 6.54 Å². The number of rotatable bonds is 5. The highest BCUT2D eigenvalue weighted by atomic mass is 35.5. The highest BCUT2D eigenvalue weighted by molar-refractivity contribution is 7.98. The fraction of sp³-hybridized carbons (Fsp3) is 0.214. The number of aromatic nitrogens is 2. The molecule has 2 rings (SSSR count). The Morgan fingerprint density at radius 1 is 1.19 bits per heavy atom. The summed E-state index contributed by atoms with van der Waals surface area (Å²) in [6, 6.07) is 9.87. The predicted molar refractivity (Wildman–Crippen MR) is 86.3 cm³/mol. The number of hydrogen-bond acceptors (Lipinski definition) is 4. The normalized spacial score (nSPS) is 10.4. The molecule has 4 nitrogen and oxygen atoms in total. The van der Waals surface area contributed by atoms with Gasteiger partial charge < -0.3 is 5.32 Å². The van der Waals surface area contributed by atoms with Gasteiger partial charge in [0.2, 0.25) is 0 Å². The second kappa shape index (κ2) is 7.64. The molecule has 0 atom stereocenters. The predicted octanol–water partition coefficient (Wildman–Crippen LogP) is 3.48. The molecule has 0 spiro atoms. The Balaban J connectivity index is 2.01. The third-order valence-electron chi connectivity index (χ3n) is 2.75. The van der Waals surface area contributed by atoms with Gasteiger partial charge in [-0.2, -0.15) is 0 Å². The molecule has 0 fully saturated rings. The van der Waals surface area contributed by atoms with Gasteiger partial charge >= 0.3 is 0 Å². The summed E-state index contributed by atoms with van der Waals surface area (Å²) in [6.07, 6.45) is 2.53. The maximum absolute atomic E-state index is 12.1. The monoisotopic (exact) mass is 341 g/mol. The van der Waals surface area contributed by atoms with E-state index in [0.29, 0.717) is 11.7 Å². The van der Waals surface area contributed by atoms with E-state index in [1.54, 1.807) is 0 Å². The molecule has 2 aromatic rings. The molecule has 0 aliphatic rings. The Hall–Kier alpha value is -1.30. The molecule has 1 aromatic heterocycles. The quantitative estimate of drug-likeness (QED) is 0.514. The number of carbonyl (C=O) groups excluding carboxylic acids is 1. The first-order valence-corrected chi connectivity index (χ1v) is 8.19. The van der Waals surface area contributed by atoms with E-state index in [9.17, 15) is 4.79 Å². The van der Waals surface area contributed by atoms with E-state index in [4.69, 9.17) is 23.2 Å². The molecule has 0 aliphatic carbocycles. The van der Waals surface area contributed by atoms with Crippen LogP contribution in [0.4, 0.5) is 0 Å². The molecule has 0 bridgehead atoms. The fourth-order valence-electron chi connectivity index (χ4n) is 1.72. The number of hydrogen-bond donors (Lipinski definition) is 1. The molecule has 0 saturated carbocycles. The number of nitrogens with one attached hydrogen (secondary N) is 1. The Kier molecular flexibility index (Phi) is 5.85. The van der Waals surface area contributed by atoms with Crippen LogP contribution < -0.4 is 5.32 Å². The van der Waals surface area contributed by atoms with Crippen LogP contribution in [0.3, 0.4) is 0 Å². The minimum absolute atomic E-state index is 0.0663. The van der Waals surface area contributed by atoms with Crippen LogP contribution in [0.15, 0.2) is 35.5 Å². The van der Waals surface area contributed by atoms with E-state index in [1.807, 2.05) is 36.6 Å². The van der Waals surface area contributed by atoms with E-state index in [-0.39, 0.29) is 21.8 Å². The second-order valence-corrected chi connectivity index (χ2v) is 5.65. The van der Waals surface area contributed by atoms with Crippen molar-refractivity contribution in [2.24, 2.45) is 0 Å². The van der Waals surface area contributed by atoms with Crippen molar-refractivity contribution >= 4 is 40.9 Å². The Morgan fingerprint density at radius 3 is 2.38 bits per heavy atom. The Morgan fingerprint density at radius 2 is 1.81 bits per heavy atom. The van der Waals surface area contributed by atoms with Crippen molar-refractivity contribution in [1.82, 2.24) is 15.3 Å². The van der Waals surface area contributed by atoms with Crippen LogP contribution in [0.2, 0.25) is 10.3 Å². The summed E-state index contributed by atoms with van der Waals surface area (Å²) >= 11 is 13.3. The largest absolute Gasteiger partial charge is 0.352 e. The summed E-state index contributed by atoms with van der Waals surface area (Å²) in [5.41, 5.74) is 1.26. The molecule has 0 radical (unpaired) electrons. The smallest absolute Gasteiger partial charge is 0.257 e. The van der Waals surface area contributed by atoms with Gasteiger partial charge in [-0.25, -0.2) is 9.97 Å². The van der Waals surface area contributed by atoms with Crippen LogP contribution in [0.1, 0.15) is 15.9 Å². The minimum Gasteiger partial charge on any atom is -0.352 e. The lowest BCUT2D eigenvalue weighted by Crippen LogP contribution is -2.26. The zero-order valence-corrected chi connectivity index (χ0v) is 13.6. The second-order valence-electron chi connectivity index (χ2n) is 4.16. The summed E-state index contributed by atoms with van der Waals surface area (Å²) in [6.45, 7) is 0.486. The van der Waals surface area contributed by atoms with E-state index in [1.165, 1.54) is 11.8 Å². The van der Waals surface area contributed by atoms with Crippen molar-refractivity contribution in [2.75, 3.05) is 12.8 Å². The third-order valence-corrected chi connectivity index (χ3v) is 3.85. The SMILES string of the molecule is CSc1nc(Cl)c(C(=O)NCCc2ccccc2)c(Cl)n1. The zero-order chi connectivity index (χ0) is 15.2. The lowest BCUT2D eigenvalue weighted by Gasteiger charge is -2.08. The summed E-state index contributed by atoms with van der Waals surface area (Å²) < 4.78 is 0. The maximum atomic E-state index is 12.1. The minimum atomic E-state index is -0.367. The Bertz CT molecular complexity index is 614. The van der Waals surface area contributed by atoms with Crippen molar-refractivity contribution in [1.29, 1.82) is 0 Å². The van der Waals surface area contributed by atoms with E-state index < -0.39 is 0 Å². The first-order chi connectivity index (χ1) is 10.1. The van der Waals surface area contributed by atoms with Crippen LogP contribution in [0.25, 0.3) is 0 Å². The number of amides is 1. The molecule has 1 N–H and O–H groups in total. The van der Waals surface area contributed by atoms with Crippen LogP contribution in [-0.4, -0.2) is 28.7 Å². The molecule has 1 heterocycles. The van der Waals surface area contributed by atoms with Gasteiger partial charge in [0.05, 0.1) is 0 Å². The lowest BCUT2D eigenvalue weighted by atomic mass is 10.1. The highest BCUT2D eigenvalue weighted by Gasteiger charge is 2.18. The third kappa shape index (κ3) is 4.33. The van der Waals surface area contributed by atoms with Crippen LogP contribution >= 0.6 is 35.0 Å². The van der Waals surface area contributed by atoms with Gasteiger partial charge in [0.15, 0.2) is 5.16 Å². The van der Waals surface area contributed by atoms with E-state index >= 15 is 0 Å². The average Bonchev–Trinajstić information content (AvgIpc) is 2.47. The summed E-state index contributed by atoms with van der Waals surface area (Å²) in [4.78, 5) is 20.1. The average molecular weight is 342 g/mol. The summed E-state index contributed by atoms with van der Waals surface area (Å²) in [5, 5.41) is 3.34. The first-order valence-electron chi connectivity index (χ1n) is 6.21. The molecule has 1 amide bonds. The van der Waals surface area contributed by atoms with E-state index in [2.05, 4.69) is 15.3 Å². The van der Waals surface area contributed by atoms with Gasteiger partial charge in [-0.1, -0.05) is 65.3 Å². The zero-order valence-electron chi connectivity index (χ0n) is 11.3. The van der Waals surface area contributed by atoms with Crippen molar-refractivity contribution in [3.8, 4) is 0 Å². The Labute approximate surface area is 137 Å². The molecule has 0 saturated heterocycles. The number of halogens is 2. The molecule has 21 heavy (non-hydrogen) atoms. The first kappa shape index (κ1) is 16.1. The molecule has 1 aromatic carbocycles. The van der Waals surface area contributed by atoms with Gasteiger partial charge in [-0.05, 0) is 18.2 Å². The summed E-state index contributed by atoms with van der Waals surface area (Å²) in [5.74, 6) is -0.367. The summed E-state index contributed by atoms with van der Waals surface area (Å²) in [7, 11) is 0.